The van der Waals surface area contributed by atoms with Crippen LogP contribution in [0.3, 0.4) is 0 Å². The van der Waals surface area contributed by atoms with Gasteiger partial charge in [-0.15, -0.1) is 0 Å². The molecule has 1 atom stereocenters. The molecule has 2 rings (SSSR count). The summed E-state index contributed by atoms with van der Waals surface area (Å²) < 4.78 is 0. The fourth-order valence-corrected chi connectivity index (χ4v) is 2.16. The van der Waals surface area contributed by atoms with Gasteiger partial charge < -0.3 is 15.4 Å². The molecule has 0 aliphatic carbocycles. The van der Waals surface area contributed by atoms with Crippen LogP contribution in [0.15, 0.2) is 29.3 Å². The highest BCUT2D eigenvalue weighted by molar-refractivity contribution is 5.83. The molecular formula is C16H18N4O4. The number of aromatic amines is 1. The van der Waals surface area contributed by atoms with E-state index in [1.54, 1.807) is 31.5 Å². The fourth-order valence-electron chi connectivity index (χ4n) is 2.16. The molecule has 0 saturated carbocycles. The summed E-state index contributed by atoms with van der Waals surface area (Å²) in [6, 6.07) is 2.56. The molecule has 2 heterocycles. The Hall–Kier alpha value is -3.03. The first kappa shape index (κ1) is 17.3. The number of carbonyl (C=O) groups is 2. The Bertz CT molecular complexity index is 801. The van der Waals surface area contributed by atoms with Gasteiger partial charge in [0, 0.05) is 35.6 Å². The zero-order valence-corrected chi connectivity index (χ0v) is 13.4. The SMILES string of the molecule is Cc1nc(-c2cccnc2)[nH]c(=O)c1CCC(=O)N[C@H](C)C(=O)O. The molecule has 2 aromatic rings. The maximum atomic E-state index is 12.2. The molecule has 126 valence electrons. The predicted molar refractivity (Wildman–Crippen MR) is 86.4 cm³/mol. The number of hydrogen-bond donors (Lipinski definition) is 3. The zero-order chi connectivity index (χ0) is 17.7. The highest BCUT2D eigenvalue weighted by atomic mass is 16.4. The summed E-state index contributed by atoms with van der Waals surface area (Å²) in [5, 5.41) is 11.1. The third kappa shape index (κ3) is 4.25. The second-order valence-electron chi connectivity index (χ2n) is 5.35. The average molecular weight is 330 g/mol. The van der Waals surface area contributed by atoms with E-state index in [0.29, 0.717) is 22.6 Å². The van der Waals surface area contributed by atoms with Crippen molar-refractivity contribution >= 4 is 11.9 Å². The summed E-state index contributed by atoms with van der Waals surface area (Å²) in [5.41, 5.74) is 1.30. The third-order valence-electron chi connectivity index (χ3n) is 3.51. The summed E-state index contributed by atoms with van der Waals surface area (Å²) in [7, 11) is 0. The topological polar surface area (TPSA) is 125 Å². The van der Waals surface area contributed by atoms with E-state index in [1.165, 1.54) is 6.92 Å². The van der Waals surface area contributed by atoms with Crippen molar-refractivity contribution in [3.05, 3.63) is 46.1 Å². The molecule has 0 aliphatic heterocycles. The molecule has 0 spiro atoms. The van der Waals surface area contributed by atoms with E-state index in [0.717, 1.165) is 0 Å². The van der Waals surface area contributed by atoms with Gasteiger partial charge in [0.15, 0.2) is 0 Å². The molecule has 8 nitrogen and oxygen atoms in total. The lowest BCUT2D eigenvalue weighted by Gasteiger charge is -2.10. The van der Waals surface area contributed by atoms with E-state index < -0.39 is 17.9 Å². The van der Waals surface area contributed by atoms with Crippen LogP contribution in [0, 0.1) is 6.92 Å². The largest absolute Gasteiger partial charge is 0.480 e. The van der Waals surface area contributed by atoms with E-state index in [9.17, 15) is 14.4 Å². The Labute approximate surface area is 138 Å². The van der Waals surface area contributed by atoms with Gasteiger partial charge in [-0.05, 0) is 32.4 Å². The molecule has 0 fully saturated rings. The molecule has 0 bridgehead atoms. The van der Waals surface area contributed by atoms with Crippen molar-refractivity contribution in [2.24, 2.45) is 0 Å². The van der Waals surface area contributed by atoms with E-state index >= 15 is 0 Å². The van der Waals surface area contributed by atoms with Gasteiger partial charge in [0.25, 0.3) is 5.56 Å². The van der Waals surface area contributed by atoms with Crippen molar-refractivity contribution in [3.63, 3.8) is 0 Å². The molecule has 1 amide bonds. The number of carboxylic acids is 1. The van der Waals surface area contributed by atoms with Crippen LogP contribution in [0.2, 0.25) is 0 Å². The molecule has 0 radical (unpaired) electrons. The van der Waals surface area contributed by atoms with Crippen molar-refractivity contribution in [2.75, 3.05) is 0 Å². The van der Waals surface area contributed by atoms with Crippen LogP contribution in [0.5, 0.6) is 0 Å². The van der Waals surface area contributed by atoms with E-state index in [4.69, 9.17) is 5.11 Å². The Balaban J connectivity index is 2.11. The van der Waals surface area contributed by atoms with Crippen LogP contribution in [0.1, 0.15) is 24.6 Å². The Morgan fingerprint density at radius 2 is 2.17 bits per heavy atom. The highest BCUT2D eigenvalue weighted by Crippen LogP contribution is 2.13. The number of aromatic nitrogens is 3. The fraction of sp³-hybridized carbons (Fsp3) is 0.312. The van der Waals surface area contributed by atoms with Crippen LogP contribution in [-0.2, 0) is 16.0 Å². The summed E-state index contributed by atoms with van der Waals surface area (Å²) in [5.74, 6) is -1.13. The van der Waals surface area contributed by atoms with Gasteiger partial charge in [-0.2, -0.15) is 0 Å². The second kappa shape index (κ2) is 7.49. The number of rotatable bonds is 6. The van der Waals surface area contributed by atoms with Gasteiger partial charge >= 0.3 is 5.97 Å². The first-order valence-electron chi connectivity index (χ1n) is 7.41. The van der Waals surface area contributed by atoms with Crippen molar-refractivity contribution in [2.45, 2.75) is 32.7 Å². The second-order valence-corrected chi connectivity index (χ2v) is 5.35. The minimum atomic E-state index is -1.11. The van der Waals surface area contributed by atoms with E-state index in [-0.39, 0.29) is 18.4 Å². The van der Waals surface area contributed by atoms with Gasteiger partial charge in [0.05, 0.1) is 0 Å². The summed E-state index contributed by atoms with van der Waals surface area (Å²) >= 11 is 0. The minimum absolute atomic E-state index is 0.00938. The number of nitrogens with one attached hydrogen (secondary N) is 2. The standard InChI is InChI=1S/C16H18N4O4/c1-9-12(5-6-13(21)18-10(2)16(23)24)15(22)20-14(19-9)11-4-3-7-17-8-11/h3-4,7-8,10H,5-6H2,1-2H3,(H,18,21)(H,23,24)(H,19,20,22)/t10-/m1/s1. The first-order valence-corrected chi connectivity index (χ1v) is 7.41. The number of nitrogens with zero attached hydrogens (tertiary/aromatic N) is 2. The zero-order valence-electron chi connectivity index (χ0n) is 13.4. The molecule has 8 heteroatoms. The maximum Gasteiger partial charge on any atom is 0.325 e. The molecule has 0 unspecified atom stereocenters. The highest BCUT2D eigenvalue weighted by Gasteiger charge is 2.15. The molecule has 0 saturated heterocycles. The quantitative estimate of drug-likeness (QED) is 0.714. The lowest BCUT2D eigenvalue weighted by Crippen LogP contribution is -2.38. The minimum Gasteiger partial charge on any atom is -0.480 e. The average Bonchev–Trinajstić information content (AvgIpc) is 2.54. The molecular weight excluding hydrogens is 312 g/mol. The van der Waals surface area contributed by atoms with Crippen molar-refractivity contribution in [1.82, 2.24) is 20.3 Å². The van der Waals surface area contributed by atoms with Crippen LogP contribution in [-0.4, -0.2) is 38.0 Å². The number of carbonyl (C=O) groups excluding carboxylic acids is 1. The van der Waals surface area contributed by atoms with Gasteiger partial charge in [-0.3, -0.25) is 19.4 Å². The number of amides is 1. The normalized spacial score (nSPS) is 11.8. The third-order valence-corrected chi connectivity index (χ3v) is 3.51. The Kier molecular flexibility index (Phi) is 5.41. The van der Waals surface area contributed by atoms with Gasteiger partial charge in [-0.25, -0.2) is 4.98 Å². The van der Waals surface area contributed by atoms with Gasteiger partial charge in [0.1, 0.15) is 11.9 Å². The van der Waals surface area contributed by atoms with E-state index in [2.05, 4.69) is 20.3 Å². The van der Waals surface area contributed by atoms with Crippen LogP contribution >= 0.6 is 0 Å². The summed E-state index contributed by atoms with van der Waals surface area (Å²) in [6.07, 6.45) is 3.41. The maximum absolute atomic E-state index is 12.2. The predicted octanol–water partition coefficient (Wildman–Crippen LogP) is 0.662. The number of hydrogen-bond acceptors (Lipinski definition) is 5. The van der Waals surface area contributed by atoms with Crippen LogP contribution in [0.25, 0.3) is 11.4 Å². The monoisotopic (exact) mass is 330 g/mol. The Morgan fingerprint density at radius 1 is 1.42 bits per heavy atom. The smallest absolute Gasteiger partial charge is 0.325 e. The summed E-state index contributed by atoms with van der Waals surface area (Å²) in [6.45, 7) is 3.07. The molecule has 24 heavy (non-hydrogen) atoms. The van der Waals surface area contributed by atoms with Crippen LogP contribution < -0.4 is 10.9 Å². The molecule has 3 N–H and O–H groups in total. The number of aryl methyl sites for hydroxylation is 1. The number of aliphatic carboxylic acids is 1. The van der Waals surface area contributed by atoms with Gasteiger partial charge in [-0.1, -0.05) is 0 Å². The number of H-pyrrole nitrogens is 1. The Morgan fingerprint density at radius 3 is 2.75 bits per heavy atom. The number of carboxylic acid groups (broad SMARTS) is 1. The lowest BCUT2D eigenvalue weighted by molar-refractivity contribution is -0.141. The van der Waals surface area contributed by atoms with Crippen LogP contribution in [0.4, 0.5) is 0 Å². The van der Waals surface area contributed by atoms with Crippen molar-refractivity contribution in [3.8, 4) is 11.4 Å². The molecule has 2 aromatic heterocycles. The number of pyridine rings is 1. The molecule has 0 aromatic carbocycles. The van der Waals surface area contributed by atoms with Crippen molar-refractivity contribution < 1.29 is 14.7 Å². The van der Waals surface area contributed by atoms with Gasteiger partial charge in [0.2, 0.25) is 5.91 Å². The van der Waals surface area contributed by atoms with E-state index in [1.807, 2.05) is 0 Å². The summed E-state index contributed by atoms with van der Waals surface area (Å²) in [4.78, 5) is 45.7. The van der Waals surface area contributed by atoms with Crippen molar-refractivity contribution in [1.29, 1.82) is 0 Å². The first-order chi connectivity index (χ1) is 11.4. The molecule has 0 aliphatic rings. The lowest BCUT2D eigenvalue weighted by atomic mass is 10.1.